The molecular weight excluding hydrogens is 541 g/mol. The van der Waals surface area contributed by atoms with Gasteiger partial charge in [0, 0.05) is 17.8 Å². The molecule has 0 spiro atoms. The highest BCUT2D eigenvalue weighted by atomic mass is 19.4. The number of ether oxygens (including phenoxy) is 1. The number of benzene rings is 1. The van der Waals surface area contributed by atoms with Crippen molar-refractivity contribution in [1.29, 1.82) is 0 Å². The van der Waals surface area contributed by atoms with Crippen LogP contribution in [0.25, 0.3) is 0 Å². The fourth-order valence-corrected chi connectivity index (χ4v) is 4.23. The molecule has 0 fully saturated rings. The van der Waals surface area contributed by atoms with Crippen molar-refractivity contribution in [2.75, 3.05) is 6.61 Å². The van der Waals surface area contributed by atoms with Crippen molar-refractivity contribution in [3.63, 3.8) is 0 Å². The highest BCUT2D eigenvalue weighted by Crippen LogP contribution is 2.45. The second-order valence-corrected chi connectivity index (χ2v) is 8.87. The molecule has 39 heavy (non-hydrogen) atoms. The van der Waals surface area contributed by atoms with E-state index in [9.17, 15) is 48.3 Å². The molecule has 15 nitrogen and oxygen atoms in total. The van der Waals surface area contributed by atoms with Gasteiger partial charge >= 0.3 is 6.18 Å². The first kappa shape index (κ1) is 28.9. The number of rotatable bonds is 11. The average molecular weight is 562 g/mol. The van der Waals surface area contributed by atoms with E-state index in [0.29, 0.717) is 6.07 Å². The third kappa shape index (κ3) is 6.82. The first-order chi connectivity index (χ1) is 18.1. The highest BCUT2D eigenvalue weighted by molar-refractivity contribution is 5.44. The molecule has 1 aliphatic rings. The van der Waals surface area contributed by atoms with Crippen LogP contribution in [0.2, 0.25) is 0 Å². The fraction of sp³-hybridized carbons (Fsp3) is 0.476. The zero-order chi connectivity index (χ0) is 29.1. The van der Waals surface area contributed by atoms with E-state index in [0.717, 1.165) is 29.0 Å². The Bertz CT molecular complexity index is 1310. The summed E-state index contributed by atoms with van der Waals surface area (Å²) in [5.41, 5.74) is -3.77. The van der Waals surface area contributed by atoms with Crippen LogP contribution in [0.4, 0.5) is 13.2 Å². The van der Waals surface area contributed by atoms with Crippen LogP contribution in [0.15, 0.2) is 41.3 Å². The summed E-state index contributed by atoms with van der Waals surface area (Å²) in [5, 5.41) is 29.2. The Morgan fingerprint density at radius 2 is 1.77 bits per heavy atom. The van der Waals surface area contributed by atoms with E-state index in [-0.39, 0.29) is 29.7 Å². The Morgan fingerprint density at radius 3 is 2.33 bits per heavy atom. The smallest absolute Gasteiger partial charge is 0.416 e. The number of hydrogen-bond donors (Lipinski definition) is 0. The van der Waals surface area contributed by atoms with Gasteiger partial charge in [0.05, 0.1) is 18.2 Å². The minimum Gasteiger partial charge on any atom is -0.485 e. The summed E-state index contributed by atoms with van der Waals surface area (Å²) in [6, 6.07) is 3.10. The van der Waals surface area contributed by atoms with Crippen LogP contribution in [0.3, 0.4) is 0 Å². The highest BCUT2D eigenvalue weighted by Gasteiger charge is 2.48. The molecule has 18 heteroatoms. The molecule has 3 unspecified atom stereocenters. The number of pyridine rings is 1. The lowest BCUT2D eigenvalue weighted by Gasteiger charge is -2.43. The van der Waals surface area contributed by atoms with E-state index >= 15 is 0 Å². The third-order valence-corrected chi connectivity index (χ3v) is 5.86. The van der Waals surface area contributed by atoms with Crippen molar-refractivity contribution in [3.05, 3.63) is 93.9 Å². The average Bonchev–Trinajstić information content (AvgIpc) is 2.80. The van der Waals surface area contributed by atoms with E-state index in [1.165, 1.54) is 19.9 Å². The van der Waals surface area contributed by atoms with Crippen LogP contribution in [0, 0.1) is 30.3 Å². The summed E-state index contributed by atoms with van der Waals surface area (Å²) >= 11 is 0. The number of alkyl halides is 3. The second kappa shape index (κ2) is 11.0. The van der Waals surface area contributed by atoms with Crippen molar-refractivity contribution in [1.82, 2.24) is 4.57 Å². The Morgan fingerprint density at radius 1 is 1.08 bits per heavy atom. The van der Waals surface area contributed by atoms with E-state index in [2.05, 4.69) is 9.68 Å². The summed E-state index contributed by atoms with van der Waals surface area (Å²) in [5.74, 6) is -0.0717. The summed E-state index contributed by atoms with van der Waals surface area (Å²) in [6.07, 6.45) is -6.90. The fourth-order valence-electron chi connectivity index (χ4n) is 4.23. The van der Waals surface area contributed by atoms with Crippen molar-refractivity contribution >= 4 is 0 Å². The quantitative estimate of drug-likeness (QED) is 0.222. The van der Waals surface area contributed by atoms with Gasteiger partial charge < -0.3 is 23.8 Å². The summed E-state index contributed by atoms with van der Waals surface area (Å²) in [7, 11) is 0. The zero-order valence-electron chi connectivity index (χ0n) is 20.2. The molecule has 0 amide bonds. The molecule has 1 aromatic heterocycles. The molecule has 3 rings (SSSR count). The van der Waals surface area contributed by atoms with Crippen LogP contribution in [0.1, 0.15) is 55.5 Å². The van der Waals surface area contributed by atoms with Crippen molar-refractivity contribution < 1.29 is 47.7 Å². The van der Waals surface area contributed by atoms with Gasteiger partial charge in [0.25, 0.3) is 20.8 Å². The maximum Gasteiger partial charge on any atom is 0.416 e. The lowest BCUT2D eigenvalue weighted by Crippen LogP contribution is -2.54. The zero-order valence-corrected chi connectivity index (χ0v) is 20.2. The van der Waals surface area contributed by atoms with Crippen LogP contribution in [-0.4, -0.2) is 38.1 Å². The normalized spacial score (nSPS) is 18.7. The number of nitrogens with zero attached hydrogens (tertiary/aromatic N) is 4. The Kier molecular flexibility index (Phi) is 8.16. The van der Waals surface area contributed by atoms with Crippen LogP contribution in [0.5, 0.6) is 5.75 Å². The van der Waals surface area contributed by atoms with E-state index in [1.54, 1.807) is 0 Å². The molecular formula is C21H21F3N4O11. The number of halogens is 3. The maximum atomic E-state index is 13.5. The number of aromatic nitrogens is 1. The van der Waals surface area contributed by atoms with Crippen LogP contribution < -0.4 is 10.3 Å². The second-order valence-electron chi connectivity index (χ2n) is 8.87. The molecule has 212 valence electrons. The summed E-state index contributed by atoms with van der Waals surface area (Å²) < 4.78 is 47.0. The van der Waals surface area contributed by atoms with Gasteiger partial charge in [-0.05, 0) is 56.5 Å². The predicted octanol–water partition coefficient (Wildman–Crippen LogP) is 3.44. The van der Waals surface area contributed by atoms with Crippen LogP contribution >= 0.6 is 0 Å². The predicted molar refractivity (Wildman–Crippen MR) is 120 cm³/mol. The molecule has 0 bridgehead atoms. The van der Waals surface area contributed by atoms with Gasteiger partial charge in [0.1, 0.15) is 17.5 Å². The van der Waals surface area contributed by atoms with Gasteiger partial charge in [-0.25, -0.2) is 0 Å². The standard InChI is InChI=1S/C21H21F3N4O11/c1-20(2)19(39-28(34)35)18(14-11-13(21(22,23)24)5-6-16(14)37-20)25-8-7-12(10-17(25)29)15(38-27(32)33)4-3-9-36-26(30)31/h5-8,10-11,15,18-19H,3-4,9H2,1-2H3. The first-order valence-corrected chi connectivity index (χ1v) is 11.1. The Hall–Kier alpha value is -4.64. The van der Waals surface area contributed by atoms with Gasteiger partial charge in [0.2, 0.25) is 0 Å². The first-order valence-electron chi connectivity index (χ1n) is 11.1. The minimum atomic E-state index is -4.78. The molecule has 0 saturated heterocycles. The van der Waals surface area contributed by atoms with E-state index in [1.807, 2.05) is 0 Å². The molecule has 0 radical (unpaired) electrons. The molecule has 0 saturated carbocycles. The summed E-state index contributed by atoms with van der Waals surface area (Å²) in [6.45, 7) is 2.38. The van der Waals surface area contributed by atoms with Crippen LogP contribution in [-0.2, 0) is 20.7 Å². The van der Waals surface area contributed by atoms with Crippen molar-refractivity contribution in [3.8, 4) is 5.75 Å². The van der Waals surface area contributed by atoms with Gasteiger partial charge in [-0.15, -0.1) is 30.3 Å². The van der Waals surface area contributed by atoms with Gasteiger partial charge in [0.15, 0.2) is 6.10 Å². The monoisotopic (exact) mass is 562 g/mol. The number of fused-ring (bicyclic) bond motifs is 1. The lowest BCUT2D eigenvalue weighted by molar-refractivity contribution is -0.773. The third-order valence-electron chi connectivity index (χ3n) is 5.86. The molecule has 1 aromatic carbocycles. The molecule has 3 atom stereocenters. The molecule has 1 aliphatic heterocycles. The number of hydrogen-bond acceptors (Lipinski definition) is 11. The van der Waals surface area contributed by atoms with Crippen molar-refractivity contribution in [2.45, 2.75) is 56.7 Å². The molecule has 2 aromatic rings. The van der Waals surface area contributed by atoms with Crippen molar-refractivity contribution in [2.24, 2.45) is 0 Å². The molecule has 0 aliphatic carbocycles. The van der Waals surface area contributed by atoms with Gasteiger partial charge in [-0.3, -0.25) is 4.79 Å². The Balaban J connectivity index is 2.09. The minimum absolute atomic E-state index is 0.0311. The van der Waals surface area contributed by atoms with Gasteiger partial charge in [-0.1, -0.05) is 0 Å². The molecule has 0 N–H and O–H groups in total. The van der Waals surface area contributed by atoms with E-state index in [4.69, 9.17) is 9.57 Å². The Labute approximate surface area is 215 Å². The van der Waals surface area contributed by atoms with Gasteiger partial charge in [-0.2, -0.15) is 13.2 Å². The molecule has 2 heterocycles. The lowest BCUT2D eigenvalue weighted by atomic mass is 9.85. The maximum absolute atomic E-state index is 13.5. The topological polar surface area (TPSA) is 188 Å². The largest absolute Gasteiger partial charge is 0.485 e. The summed E-state index contributed by atoms with van der Waals surface area (Å²) in [4.78, 5) is 59.3. The van der Waals surface area contributed by atoms with E-state index < -0.39 is 63.0 Å². The SMILES string of the molecule is CC1(C)Oc2ccc(C(F)(F)F)cc2C(n2ccc(C(CCCO[N+](=O)[O-])O[N+](=O)[O-])cc2=O)C1O[N+](=O)[O-].